The maximum Gasteiger partial charge on any atom is 0.127 e. The van der Waals surface area contributed by atoms with E-state index in [9.17, 15) is 20.4 Å². The number of phenols is 3. The summed E-state index contributed by atoms with van der Waals surface area (Å²) in [7, 11) is 0. The third kappa shape index (κ3) is 2.50. The summed E-state index contributed by atoms with van der Waals surface area (Å²) < 4.78 is 0. The van der Waals surface area contributed by atoms with Crippen molar-refractivity contribution in [2.45, 2.75) is 6.04 Å². The molecular formula is C12H18N2O4. The molecule has 1 aliphatic rings. The molecule has 1 fully saturated rings. The molecule has 6 heteroatoms. The quantitative estimate of drug-likeness (QED) is 0.510. The largest absolute Gasteiger partial charge is 0.508 e. The molecule has 0 aromatic heterocycles. The number of phenolic OH excluding ortho intramolecular Hbond substituents is 3. The van der Waals surface area contributed by atoms with E-state index in [1.165, 1.54) is 12.1 Å². The monoisotopic (exact) mass is 254 g/mol. The molecule has 1 saturated heterocycles. The second kappa shape index (κ2) is 5.43. The average Bonchev–Trinajstić information content (AvgIpc) is 2.34. The van der Waals surface area contributed by atoms with Crippen LogP contribution in [0.5, 0.6) is 17.2 Å². The van der Waals surface area contributed by atoms with Gasteiger partial charge in [-0.15, -0.1) is 0 Å². The van der Waals surface area contributed by atoms with Crippen LogP contribution < -0.4 is 5.32 Å². The Balaban J connectivity index is 2.32. The van der Waals surface area contributed by atoms with E-state index in [1.54, 1.807) is 0 Å². The summed E-state index contributed by atoms with van der Waals surface area (Å²) in [6.07, 6.45) is 0. The average molecular weight is 254 g/mol. The van der Waals surface area contributed by atoms with Crippen LogP contribution in [0.2, 0.25) is 0 Å². The number of nitrogens with one attached hydrogen (secondary N) is 1. The molecule has 0 spiro atoms. The minimum absolute atomic E-state index is 0.202. The molecule has 6 nitrogen and oxygen atoms in total. The fourth-order valence-electron chi connectivity index (χ4n) is 2.33. The molecule has 0 saturated carbocycles. The smallest absolute Gasteiger partial charge is 0.127 e. The van der Waals surface area contributed by atoms with Gasteiger partial charge in [-0.2, -0.15) is 0 Å². The van der Waals surface area contributed by atoms with Gasteiger partial charge in [0, 0.05) is 38.3 Å². The normalized spacial score (nSPS) is 18.7. The Morgan fingerprint density at radius 2 is 1.67 bits per heavy atom. The minimum Gasteiger partial charge on any atom is -0.508 e. The van der Waals surface area contributed by atoms with Gasteiger partial charge in [0.05, 0.1) is 18.2 Å². The van der Waals surface area contributed by atoms with Crippen molar-refractivity contribution in [2.75, 3.05) is 32.8 Å². The molecule has 1 aromatic rings. The van der Waals surface area contributed by atoms with E-state index < -0.39 is 6.04 Å². The van der Waals surface area contributed by atoms with Gasteiger partial charge in [-0.1, -0.05) is 0 Å². The van der Waals surface area contributed by atoms with Gasteiger partial charge in [0.2, 0.25) is 0 Å². The number of benzene rings is 1. The molecule has 1 atom stereocenters. The van der Waals surface area contributed by atoms with Crippen molar-refractivity contribution in [1.29, 1.82) is 0 Å². The first kappa shape index (κ1) is 12.9. The highest BCUT2D eigenvalue weighted by Crippen LogP contribution is 2.38. The van der Waals surface area contributed by atoms with Crippen molar-refractivity contribution in [3.63, 3.8) is 0 Å². The van der Waals surface area contributed by atoms with E-state index in [1.807, 2.05) is 4.90 Å². The number of aliphatic hydroxyl groups excluding tert-OH is 1. The lowest BCUT2D eigenvalue weighted by Crippen LogP contribution is -2.46. The lowest BCUT2D eigenvalue weighted by molar-refractivity contribution is 0.107. The van der Waals surface area contributed by atoms with Gasteiger partial charge in [0.15, 0.2) is 0 Å². The first-order chi connectivity index (χ1) is 8.63. The molecule has 2 rings (SSSR count). The zero-order valence-electron chi connectivity index (χ0n) is 10.0. The van der Waals surface area contributed by atoms with Crippen molar-refractivity contribution >= 4 is 0 Å². The van der Waals surface area contributed by atoms with E-state index in [2.05, 4.69) is 5.32 Å². The van der Waals surface area contributed by atoms with E-state index in [-0.39, 0.29) is 29.4 Å². The molecule has 1 heterocycles. The van der Waals surface area contributed by atoms with Crippen molar-refractivity contribution in [3.8, 4) is 17.2 Å². The first-order valence-corrected chi connectivity index (χ1v) is 5.94. The summed E-state index contributed by atoms with van der Waals surface area (Å²) >= 11 is 0. The maximum absolute atomic E-state index is 9.83. The molecule has 0 amide bonds. The Kier molecular flexibility index (Phi) is 3.90. The molecule has 18 heavy (non-hydrogen) atoms. The van der Waals surface area contributed by atoms with Crippen LogP contribution in [0.25, 0.3) is 0 Å². The van der Waals surface area contributed by atoms with Crippen LogP contribution in [0, 0.1) is 0 Å². The van der Waals surface area contributed by atoms with E-state index >= 15 is 0 Å². The zero-order chi connectivity index (χ0) is 13.1. The highest BCUT2D eigenvalue weighted by Gasteiger charge is 2.26. The van der Waals surface area contributed by atoms with Gasteiger partial charge in [0.25, 0.3) is 0 Å². The molecule has 100 valence electrons. The SMILES string of the molecule is OC[C@@H](c1c(O)cc(O)cc1O)N1CCNCC1. The molecule has 1 aliphatic heterocycles. The first-order valence-electron chi connectivity index (χ1n) is 5.94. The second-order valence-electron chi connectivity index (χ2n) is 4.38. The summed E-state index contributed by atoms with van der Waals surface area (Å²) in [5, 5.41) is 41.6. The highest BCUT2D eigenvalue weighted by molar-refractivity contribution is 5.50. The number of hydrogen-bond donors (Lipinski definition) is 5. The molecule has 0 aliphatic carbocycles. The summed E-state index contributed by atoms with van der Waals surface area (Å²) in [5.74, 6) is -0.610. The van der Waals surface area contributed by atoms with Gasteiger partial charge < -0.3 is 25.7 Å². The van der Waals surface area contributed by atoms with Crippen LogP contribution in [0.4, 0.5) is 0 Å². The minimum atomic E-state index is -0.465. The van der Waals surface area contributed by atoms with E-state index in [0.717, 1.165) is 26.2 Å². The summed E-state index contributed by atoms with van der Waals surface area (Å²) in [5.41, 5.74) is 0.261. The summed E-state index contributed by atoms with van der Waals surface area (Å²) in [6.45, 7) is 2.86. The third-order valence-corrected chi connectivity index (χ3v) is 3.22. The highest BCUT2D eigenvalue weighted by atomic mass is 16.3. The third-order valence-electron chi connectivity index (χ3n) is 3.22. The standard InChI is InChI=1S/C12H18N2O4/c15-7-9(14-3-1-13-2-4-14)12-10(17)5-8(16)6-11(12)18/h5-6,9,13,15-18H,1-4,7H2/t9-/m0/s1. The van der Waals surface area contributed by atoms with Gasteiger partial charge in [-0.05, 0) is 0 Å². The van der Waals surface area contributed by atoms with Crippen LogP contribution in [-0.4, -0.2) is 58.1 Å². The maximum atomic E-state index is 9.83. The molecule has 0 radical (unpaired) electrons. The van der Waals surface area contributed by atoms with E-state index in [4.69, 9.17) is 0 Å². The molecule has 0 unspecified atom stereocenters. The zero-order valence-corrected chi connectivity index (χ0v) is 10.0. The Bertz CT molecular complexity index is 396. The van der Waals surface area contributed by atoms with Crippen molar-refractivity contribution < 1.29 is 20.4 Å². The summed E-state index contributed by atoms with van der Waals surface area (Å²) in [6, 6.07) is 1.87. The molecule has 5 N–H and O–H groups in total. The number of rotatable bonds is 3. The molecular weight excluding hydrogens is 236 g/mol. The number of piperazine rings is 1. The lowest BCUT2D eigenvalue weighted by Gasteiger charge is -2.34. The van der Waals surface area contributed by atoms with Crippen LogP contribution in [0.15, 0.2) is 12.1 Å². The predicted octanol–water partition coefficient (Wildman–Crippen LogP) is -0.258. The fourth-order valence-corrected chi connectivity index (χ4v) is 2.33. The van der Waals surface area contributed by atoms with Gasteiger partial charge in [-0.25, -0.2) is 0 Å². The molecule has 0 bridgehead atoms. The van der Waals surface area contributed by atoms with Crippen LogP contribution in [0.3, 0.4) is 0 Å². The Morgan fingerprint density at radius 3 is 2.17 bits per heavy atom. The number of nitrogens with zero attached hydrogens (tertiary/aromatic N) is 1. The number of hydrogen-bond acceptors (Lipinski definition) is 6. The second-order valence-corrected chi connectivity index (χ2v) is 4.38. The van der Waals surface area contributed by atoms with Crippen molar-refractivity contribution in [2.24, 2.45) is 0 Å². The van der Waals surface area contributed by atoms with Crippen molar-refractivity contribution in [1.82, 2.24) is 10.2 Å². The molecule has 1 aromatic carbocycles. The van der Waals surface area contributed by atoms with Crippen molar-refractivity contribution in [3.05, 3.63) is 17.7 Å². The predicted molar refractivity (Wildman–Crippen MR) is 65.7 cm³/mol. The van der Waals surface area contributed by atoms with Gasteiger partial charge >= 0.3 is 0 Å². The number of aliphatic hydroxyl groups is 1. The fraction of sp³-hybridized carbons (Fsp3) is 0.500. The van der Waals surface area contributed by atoms with Crippen LogP contribution in [0.1, 0.15) is 11.6 Å². The Hall–Kier alpha value is -1.50. The topological polar surface area (TPSA) is 96.2 Å². The van der Waals surface area contributed by atoms with Gasteiger partial charge in [0.1, 0.15) is 17.2 Å². The van der Waals surface area contributed by atoms with Gasteiger partial charge in [-0.3, -0.25) is 4.90 Å². The summed E-state index contributed by atoms with van der Waals surface area (Å²) in [4.78, 5) is 1.99. The Morgan fingerprint density at radius 1 is 1.11 bits per heavy atom. The number of aromatic hydroxyl groups is 3. The van der Waals surface area contributed by atoms with Crippen LogP contribution in [-0.2, 0) is 0 Å². The van der Waals surface area contributed by atoms with E-state index in [0.29, 0.717) is 0 Å². The lowest BCUT2D eigenvalue weighted by atomic mass is 10.0. The Labute approximate surface area is 105 Å². The van der Waals surface area contributed by atoms with Crippen LogP contribution >= 0.6 is 0 Å².